The number of carbonyl (C=O) groups excluding carboxylic acids is 1. The number of halogens is 2. The van der Waals surface area contributed by atoms with Crippen LogP contribution in [0.4, 0.5) is 21.5 Å². The maximum Gasteiger partial charge on any atom is 0.253 e. The van der Waals surface area contributed by atoms with Gasteiger partial charge >= 0.3 is 0 Å². The highest BCUT2D eigenvalue weighted by Crippen LogP contribution is 2.28. The van der Waals surface area contributed by atoms with Crippen LogP contribution < -0.4 is 11.1 Å². The van der Waals surface area contributed by atoms with Crippen LogP contribution in [0.3, 0.4) is 0 Å². The predicted octanol–water partition coefficient (Wildman–Crippen LogP) is 3.46. The third kappa shape index (κ3) is 3.63. The molecule has 0 fully saturated rings. The quantitative estimate of drug-likeness (QED) is 0.614. The van der Waals surface area contributed by atoms with Crippen LogP contribution in [0, 0.1) is 9.39 Å². The molecule has 4 nitrogen and oxygen atoms in total. The first-order valence-electron chi connectivity index (χ1n) is 6.21. The lowest BCUT2D eigenvalue weighted by molar-refractivity contribution is 0.0827. The summed E-state index contributed by atoms with van der Waals surface area (Å²) in [5.74, 6) is -0.402. The topological polar surface area (TPSA) is 58.4 Å². The summed E-state index contributed by atoms with van der Waals surface area (Å²) >= 11 is 2.04. The Morgan fingerprint density at radius 3 is 2.52 bits per heavy atom. The van der Waals surface area contributed by atoms with Crippen molar-refractivity contribution in [3.05, 3.63) is 51.3 Å². The summed E-state index contributed by atoms with van der Waals surface area (Å²) < 4.78 is 13.8. The number of nitrogens with zero attached hydrogens (tertiary/aromatic N) is 1. The SMILES string of the molecule is CN(C)C(=O)c1ccc(N)c(Nc2ccc(F)cc2I)c1. The largest absolute Gasteiger partial charge is 0.397 e. The van der Waals surface area contributed by atoms with Crippen molar-refractivity contribution in [2.24, 2.45) is 0 Å². The van der Waals surface area contributed by atoms with Crippen molar-refractivity contribution in [1.82, 2.24) is 4.90 Å². The Labute approximate surface area is 136 Å². The first-order chi connectivity index (χ1) is 9.88. The molecule has 0 atom stereocenters. The van der Waals surface area contributed by atoms with E-state index in [0.717, 1.165) is 9.26 Å². The van der Waals surface area contributed by atoms with Gasteiger partial charge in [-0.25, -0.2) is 4.39 Å². The molecule has 2 rings (SSSR count). The summed E-state index contributed by atoms with van der Waals surface area (Å²) in [5, 5.41) is 3.13. The highest BCUT2D eigenvalue weighted by atomic mass is 127. The number of rotatable bonds is 3. The van der Waals surface area contributed by atoms with E-state index in [0.29, 0.717) is 16.9 Å². The lowest BCUT2D eigenvalue weighted by Gasteiger charge is -2.14. The van der Waals surface area contributed by atoms with Gasteiger partial charge in [0.25, 0.3) is 5.91 Å². The zero-order valence-corrected chi connectivity index (χ0v) is 13.8. The van der Waals surface area contributed by atoms with E-state index in [9.17, 15) is 9.18 Å². The molecule has 0 bridgehead atoms. The molecule has 0 aliphatic rings. The normalized spacial score (nSPS) is 10.3. The van der Waals surface area contributed by atoms with E-state index < -0.39 is 0 Å². The summed E-state index contributed by atoms with van der Waals surface area (Å²) in [6.45, 7) is 0. The minimum absolute atomic E-state index is 0.105. The van der Waals surface area contributed by atoms with Crippen molar-refractivity contribution >= 4 is 45.6 Å². The summed E-state index contributed by atoms with van der Waals surface area (Å²) in [6.07, 6.45) is 0. The standard InChI is InChI=1S/C15H15FIN3O/c1-20(2)15(21)9-3-5-12(18)14(7-9)19-13-6-4-10(16)8-11(13)17/h3-8,19H,18H2,1-2H3. The summed E-state index contributed by atoms with van der Waals surface area (Å²) in [5.41, 5.74) is 8.34. The van der Waals surface area contributed by atoms with Crippen molar-refractivity contribution in [3.8, 4) is 0 Å². The molecule has 2 aromatic carbocycles. The average molecular weight is 399 g/mol. The molecular weight excluding hydrogens is 384 g/mol. The van der Waals surface area contributed by atoms with Crippen molar-refractivity contribution in [2.45, 2.75) is 0 Å². The van der Waals surface area contributed by atoms with Crippen LogP contribution in [0.5, 0.6) is 0 Å². The fourth-order valence-electron chi connectivity index (χ4n) is 1.79. The maximum absolute atomic E-state index is 13.1. The Hall–Kier alpha value is -1.83. The lowest BCUT2D eigenvalue weighted by Crippen LogP contribution is -2.21. The second-order valence-corrected chi connectivity index (χ2v) is 5.91. The van der Waals surface area contributed by atoms with Crippen LogP contribution in [0.15, 0.2) is 36.4 Å². The van der Waals surface area contributed by atoms with Crippen LogP contribution in [-0.2, 0) is 0 Å². The number of nitrogens with one attached hydrogen (secondary N) is 1. The number of carbonyl (C=O) groups is 1. The van der Waals surface area contributed by atoms with E-state index in [2.05, 4.69) is 5.32 Å². The molecule has 0 aromatic heterocycles. The smallest absolute Gasteiger partial charge is 0.253 e. The Bertz CT molecular complexity index is 689. The Morgan fingerprint density at radius 1 is 1.19 bits per heavy atom. The van der Waals surface area contributed by atoms with Crippen molar-refractivity contribution in [2.75, 3.05) is 25.1 Å². The van der Waals surface area contributed by atoms with Gasteiger partial charge in [-0.2, -0.15) is 0 Å². The van der Waals surface area contributed by atoms with E-state index in [4.69, 9.17) is 5.73 Å². The van der Waals surface area contributed by atoms with Crippen molar-refractivity contribution in [1.29, 1.82) is 0 Å². The number of benzene rings is 2. The number of amides is 1. The fraction of sp³-hybridized carbons (Fsp3) is 0.133. The van der Waals surface area contributed by atoms with E-state index in [1.165, 1.54) is 17.0 Å². The van der Waals surface area contributed by atoms with Gasteiger partial charge in [0.2, 0.25) is 0 Å². The molecule has 0 saturated carbocycles. The third-order valence-corrected chi connectivity index (χ3v) is 3.80. The van der Waals surface area contributed by atoms with Crippen molar-refractivity contribution < 1.29 is 9.18 Å². The van der Waals surface area contributed by atoms with Crippen LogP contribution in [0.2, 0.25) is 0 Å². The first kappa shape index (κ1) is 15.6. The van der Waals surface area contributed by atoms with Gasteiger partial charge in [-0.15, -0.1) is 0 Å². The highest BCUT2D eigenvalue weighted by Gasteiger charge is 2.11. The van der Waals surface area contributed by atoms with Crippen LogP contribution in [0.1, 0.15) is 10.4 Å². The number of nitrogen functional groups attached to an aromatic ring is 1. The molecule has 0 saturated heterocycles. The van der Waals surface area contributed by atoms with Gasteiger partial charge in [0, 0.05) is 23.2 Å². The van der Waals surface area contributed by atoms with Crippen LogP contribution in [-0.4, -0.2) is 24.9 Å². The molecular formula is C15H15FIN3O. The second kappa shape index (κ2) is 6.30. The van der Waals surface area contributed by atoms with E-state index in [1.54, 1.807) is 38.4 Å². The summed E-state index contributed by atoms with van der Waals surface area (Å²) in [6, 6.07) is 9.48. The minimum Gasteiger partial charge on any atom is -0.397 e. The van der Waals surface area contributed by atoms with Gasteiger partial charge in [-0.3, -0.25) is 4.79 Å². The van der Waals surface area contributed by atoms with Gasteiger partial charge in [-0.1, -0.05) is 0 Å². The monoisotopic (exact) mass is 399 g/mol. The number of hydrogen-bond donors (Lipinski definition) is 2. The molecule has 110 valence electrons. The second-order valence-electron chi connectivity index (χ2n) is 4.75. The van der Waals surface area contributed by atoms with Gasteiger partial charge < -0.3 is 16.0 Å². The molecule has 3 N–H and O–H groups in total. The molecule has 21 heavy (non-hydrogen) atoms. The molecule has 1 amide bonds. The molecule has 2 aromatic rings. The Morgan fingerprint density at radius 2 is 1.90 bits per heavy atom. The van der Waals surface area contributed by atoms with Gasteiger partial charge in [-0.05, 0) is 59.0 Å². The predicted molar refractivity (Wildman–Crippen MR) is 91.3 cm³/mol. The number of anilines is 3. The van der Waals surface area contributed by atoms with Crippen LogP contribution >= 0.6 is 22.6 Å². The minimum atomic E-state index is -0.297. The molecule has 0 radical (unpaired) electrons. The average Bonchev–Trinajstić information content (AvgIpc) is 2.43. The first-order valence-corrected chi connectivity index (χ1v) is 7.29. The zero-order valence-electron chi connectivity index (χ0n) is 11.7. The van der Waals surface area contributed by atoms with E-state index in [-0.39, 0.29) is 11.7 Å². The molecule has 0 aliphatic heterocycles. The Kier molecular flexibility index (Phi) is 4.66. The number of hydrogen-bond acceptors (Lipinski definition) is 3. The van der Waals surface area contributed by atoms with E-state index in [1.807, 2.05) is 22.6 Å². The zero-order chi connectivity index (χ0) is 15.6. The molecule has 0 heterocycles. The van der Waals surface area contributed by atoms with Gasteiger partial charge in [0.05, 0.1) is 17.1 Å². The lowest BCUT2D eigenvalue weighted by atomic mass is 10.1. The molecule has 6 heteroatoms. The Balaban J connectivity index is 2.35. The van der Waals surface area contributed by atoms with Gasteiger partial charge in [0.1, 0.15) is 5.82 Å². The molecule has 0 spiro atoms. The summed E-state index contributed by atoms with van der Waals surface area (Å²) in [7, 11) is 3.38. The van der Waals surface area contributed by atoms with Crippen molar-refractivity contribution in [3.63, 3.8) is 0 Å². The highest BCUT2D eigenvalue weighted by molar-refractivity contribution is 14.1. The number of nitrogens with two attached hydrogens (primary N) is 1. The van der Waals surface area contributed by atoms with Gasteiger partial charge in [0.15, 0.2) is 0 Å². The third-order valence-electron chi connectivity index (χ3n) is 2.91. The molecule has 0 aliphatic carbocycles. The maximum atomic E-state index is 13.1. The van der Waals surface area contributed by atoms with E-state index >= 15 is 0 Å². The van der Waals surface area contributed by atoms with Crippen LogP contribution in [0.25, 0.3) is 0 Å². The summed E-state index contributed by atoms with van der Waals surface area (Å²) in [4.78, 5) is 13.5. The molecule has 0 unspecified atom stereocenters. The fourth-order valence-corrected chi connectivity index (χ4v) is 2.40.